The normalized spacial score (nSPS) is 15.1. The van der Waals surface area contributed by atoms with Gasteiger partial charge in [-0.1, -0.05) is 0 Å². The predicted octanol–water partition coefficient (Wildman–Crippen LogP) is 1.64. The molecule has 0 spiro atoms. The van der Waals surface area contributed by atoms with E-state index in [4.69, 9.17) is 33.7 Å². The Bertz CT molecular complexity index is 137. The topological polar surface area (TPSA) is 47.6 Å². The van der Waals surface area contributed by atoms with Crippen molar-refractivity contribution in [3.8, 4) is 12.1 Å². The monoisotopic (exact) mass is 162 g/mol. The Kier molecular flexibility index (Phi) is 4.22. The molecule has 9 heavy (non-hydrogen) atoms. The fraction of sp³-hybridized carbons (Fsp3) is 0.600. The molecule has 0 aromatic rings. The fourth-order valence-corrected chi connectivity index (χ4v) is 0.735. The second-order valence-corrected chi connectivity index (χ2v) is 2.48. The number of hydrogen-bond acceptors (Lipinski definition) is 2. The summed E-state index contributed by atoms with van der Waals surface area (Å²) in [7, 11) is 0. The molecule has 0 saturated heterocycles. The van der Waals surface area contributed by atoms with Gasteiger partial charge in [0.05, 0.1) is 12.1 Å². The molecule has 0 unspecified atom stereocenters. The van der Waals surface area contributed by atoms with Crippen LogP contribution in [0.3, 0.4) is 0 Å². The molecule has 0 aliphatic heterocycles. The van der Waals surface area contributed by atoms with Crippen LogP contribution in [-0.2, 0) is 0 Å². The number of halogens is 2. The van der Waals surface area contributed by atoms with Crippen molar-refractivity contribution in [2.24, 2.45) is 0 Å². The van der Waals surface area contributed by atoms with Crippen molar-refractivity contribution in [2.75, 3.05) is 0 Å². The highest BCUT2D eigenvalue weighted by molar-refractivity contribution is 6.25. The van der Waals surface area contributed by atoms with Gasteiger partial charge in [-0.3, -0.25) is 0 Å². The number of nitriles is 2. The molecule has 0 rings (SSSR count). The first-order valence-electron chi connectivity index (χ1n) is 2.28. The van der Waals surface area contributed by atoms with Crippen LogP contribution in [0.1, 0.15) is 6.42 Å². The van der Waals surface area contributed by atoms with Crippen molar-refractivity contribution >= 4 is 23.2 Å². The minimum Gasteiger partial charge on any atom is -0.197 e. The molecule has 2 atom stereocenters. The molecule has 0 N–H and O–H groups in total. The van der Waals surface area contributed by atoms with E-state index in [1.807, 2.05) is 0 Å². The third-order valence-corrected chi connectivity index (χ3v) is 1.25. The highest BCUT2D eigenvalue weighted by atomic mass is 35.5. The minimum atomic E-state index is -0.646. The van der Waals surface area contributed by atoms with Crippen molar-refractivity contribution in [3.63, 3.8) is 0 Å². The molecule has 0 aliphatic rings. The molecule has 0 aliphatic carbocycles. The number of hydrogen-bond donors (Lipinski definition) is 0. The van der Waals surface area contributed by atoms with Gasteiger partial charge in [0.15, 0.2) is 0 Å². The molecule has 0 aromatic heterocycles. The number of nitrogens with zero attached hydrogens (tertiary/aromatic N) is 2. The summed E-state index contributed by atoms with van der Waals surface area (Å²) < 4.78 is 0. The number of alkyl halides is 2. The van der Waals surface area contributed by atoms with Crippen LogP contribution in [0.2, 0.25) is 0 Å². The third-order valence-electron chi connectivity index (χ3n) is 0.694. The van der Waals surface area contributed by atoms with Crippen molar-refractivity contribution in [3.05, 3.63) is 0 Å². The molecule has 0 aromatic carbocycles. The van der Waals surface area contributed by atoms with Gasteiger partial charge < -0.3 is 0 Å². The second-order valence-electron chi connectivity index (χ2n) is 1.43. The molecule has 0 saturated carbocycles. The Morgan fingerprint density at radius 2 is 1.44 bits per heavy atom. The van der Waals surface area contributed by atoms with E-state index in [9.17, 15) is 0 Å². The highest BCUT2D eigenvalue weighted by Crippen LogP contribution is 2.08. The Morgan fingerprint density at radius 3 is 1.67 bits per heavy atom. The Morgan fingerprint density at radius 1 is 1.11 bits per heavy atom. The zero-order chi connectivity index (χ0) is 7.28. The molecule has 0 radical (unpaired) electrons. The van der Waals surface area contributed by atoms with Crippen molar-refractivity contribution in [2.45, 2.75) is 17.2 Å². The molecule has 48 valence electrons. The summed E-state index contributed by atoms with van der Waals surface area (Å²) in [5, 5.41) is 15.0. The van der Waals surface area contributed by atoms with Gasteiger partial charge in [-0.15, -0.1) is 23.2 Å². The first kappa shape index (κ1) is 8.56. The standard InChI is InChI=1S/C5H4Cl2N2/c6-4(2-8)1-5(7)3-9/h4-5H,1H2/t4-,5+. The van der Waals surface area contributed by atoms with Gasteiger partial charge in [-0.25, -0.2) is 0 Å². The van der Waals surface area contributed by atoms with Crippen LogP contribution in [0.15, 0.2) is 0 Å². The van der Waals surface area contributed by atoms with Crippen LogP contribution in [0, 0.1) is 22.7 Å². The van der Waals surface area contributed by atoms with Gasteiger partial charge in [0, 0.05) is 6.42 Å². The van der Waals surface area contributed by atoms with Crippen molar-refractivity contribution in [1.29, 1.82) is 10.5 Å². The average Bonchev–Trinajstić information content (AvgIpc) is 1.87. The van der Waals surface area contributed by atoms with Crippen LogP contribution in [0.5, 0.6) is 0 Å². The average molecular weight is 163 g/mol. The number of rotatable bonds is 2. The summed E-state index contributed by atoms with van der Waals surface area (Å²) in [5.41, 5.74) is 0. The van der Waals surface area contributed by atoms with E-state index in [1.54, 1.807) is 12.1 Å². The molecule has 0 fully saturated rings. The quantitative estimate of drug-likeness (QED) is 0.580. The SMILES string of the molecule is N#C[C@@H](Cl)C[C@@H](Cl)C#N. The molecular formula is C5H4Cl2N2. The van der Waals surface area contributed by atoms with Gasteiger partial charge >= 0.3 is 0 Å². The molecule has 0 bridgehead atoms. The van der Waals surface area contributed by atoms with Crippen molar-refractivity contribution in [1.82, 2.24) is 0 Å². The lowest BCUT2D eigenvalue weighted by Crippen LogP contribution is -2.03. The van der Waals surface area contributed by atoms with Crippen LogP contribution in [-0.4, -0.2) is 10.8 Å². The van der Waals surface area contributed by atoms with Gasteiger partial charge in [-0.05, 0) is 0 Å². The predicted molar refractivity (Wildman–Crippen MR) is 35.1 cm³/mol. The first-order chi connectivity index (χ1) is 4.20. The van der Waals surface area contributed by atoms with Gasteiger partial charge in [0.25, 0.3) is 0 Å². The van der Waals surface area contributed by atoms with E-state index in [1.165, 1.54) is 0 Å². The third kappa shape index (κ3) is 4.09. The summed E-state index contributed by atoms with van der Waals surface area (Å²) in [6, 6.07) is 3.52. The summed E-state index contributed by atoms with van der Waals surface area (Å²) in [5.74, 6) is 0. The summed E-state index contributed by atoms with van der Waals surface area (Å²) in [6.07, 6.45) is 0.218. The van der Waals surface area contributed by atoms with Gasteiger partial charge in [0.1, 0.15) is 10.8 Å². The smallest absolute Gasteiger partial charge is 0.123 e. The molecule has 0 amide bonds. The zero-order valence-electron chi connectivity index (χ0n) is 4.51. The summed E-state index contributed by atoms with van der Waals surface area (Å²) in [6.45, 7) is 0. The summed E-state index contributed by atoms with van der Waals surface area (Å²) >= 11 is 10.7. The molecule has 4 heteroatoms. The van der Waals surface area contributed by atoms with Gasteiger partial charge in [-0.2, -0.15) is 10.5 Å². The van der Waals surface area contributed by atoms with Crippen LogP contribution >= 0.6 is 23.2 Å². The van der Waals surface area contributed by atoms with Crippen LogP contribution in [0.25, 0.3) is 0 Å². The largest absolute Gasteiger partial charge is 0.197 e. The van der Waals surface area contributed by atoms with E-state index < -0.39 is 10.8 Å². The molecular weight excluding hydrogens is 159 g/mol. The van der Waals surface area contributed by atoms with Crippen LogP contribution < -0.4 is 0 Å². The van der Waals surface area contributed by atoms with Gasteiger partial charge in [0.2, 0.25) is 0 Å². The van der Waals surface area contributed by atoms with E-state index in [2.05, 4.69) is 0 Å². The van der Waals surface area contributed by atoms with Crippen molar-refractivity contribution < 1.29 is 0 Å². The Balaban J connectivity index is 3.53. The minimum absolute atomic E-state index is 0.218. The van der Waals surface area contributed by atoms with E-state index in [0.29, 0.717) is 0 Å². The zero-order valence-corrected chi connectivity index (χ0v) is 6.02. The maximum absolute atomic E-state index is 8.13. The molecule has 0 heterocycles. The first-order valence-corrected chi connectivity index (χ1v) is 3.15. The van der Waals surface area contributed by atoms with E-state index in [-0.39, 0.29) is 6.42 Å². The Hall–Kier alpha value is -0.440. The fourth-order valence-electron chi connectivity index (χ4n) is 0.287. The van der Waals surface area contributed by atoms with E-state index >= 15 is 0 Å². The lowest BCUT2D eigenvalue weighted by atomic mass is 10.2. The van der Waals surface area contributed by atoms with Crippen LogP contribution in [0.4, 0.5) is 0 Å². The molecule has 2 nitrogen and oxygen atoms in total. The maximum atomic E-state index is 8.13. The maximum Gasteiger partial charge on any atom is 0.123 e. The Labute approximate surface area is 63.6 Å². The lowest BCUT2D eigenvalue weighted by molar-refractivity contribution is 0.898. The summed E-state index contributed by atoms with van der Waals surface area (Å²) in [4.78, 5) is 0. The second kappa shape index (κ2) is 4.44. The lowest BCUT2D eigenvalue weighted by Gasteiger charge is -1.97. The van der Waals surface area contributed by atoms with E-state index in [0.717, 1.165) is 0 Å². The highest BCUT2D eigenvalue weighted by Gasteiger charge is 2.09.